The van der Waals surface area contributed by atoms with E-state index < -0.39 is 10.0 Å². The van der Waals surface area contributed by atoms with Crippen LogP contribution < -0.4 is 4.72 Å². The number of carbonyl (C=O) groups excluding carboxylic acids is 1. The van der Waals surface area contributed by atoms with Gasteiger partial charge in [0.2, 0.25) is 5.91 Å². The van der Waals surface area contributed by atoms with Crippen LogP contribution in [0.25, 0.3) is 10.9 Å². The number of pyridine rings is 1. The van der Waals surface area contributed by atoms with Gasteiger partial charge in [-0.3, -0.25) is 14.5 Å². The molecule has 1 N–H and O–H groups in total. The van der Waals surface area contributed by atoms with Crippen molar-refractivity contribution in [2.45, 2.75) is 18.4 Å². The van der Waals surface area contributed by atoms with Crippen LogP contribution in [0.5, 0.6) is 0 Å². The fourth-order valence-electron chi connectivity index (χ4n) is 2.67. The van der Waals surface area contributed by atoms with Crippen molar-refractivity contribution in [3.05, 3.63) is 65.3 Å². The number of fused-ring (bicyclic) bond motifs is 1. The maximum absolute atomic E-state index is 12.9. The molecule has 1 amide bonds. The van der Waals surface area contributed by atoms with E-state index in [-0.39, 0.29) is 10.8 Å². The molecule has 140 valence electrons. The summed E-state index contributed by atoms with van der Waals surface area (Å²) in [6, 6.07) is 13.2. The number of nitrogens with one attached hydrogen (secondary N) is 1. The Morgan fingerprint density at radius 2 is 1.96 bits per heavy atom. The number of nitrogens with zero attached hydrogens (tertiary/aromatic N) is 2. The highest BCUT2D eigenvalue weighted by Gasteiger charge is 2.19. The van der Waals surface area contributed by atoms with Crippen LogP contribution in [-0.4, -0.2) is 31.3 Å². The SMILES string of the molecule is CC(=O)N(C)Cc1cccc(NS(=O)(=O)c2ccc(Cl)c3ncccc23)c1. The summed E-state index contributed by atoms with van der Waals surface area (Å²) in [4.78, 5) is 17.2. The Morgan fingerprint density at radius 1 is 1.19 bits per heavy atom. The summed E-state index contributed by atoms with van der Waals surface area (Å²) in [5, 5.41) is 0.837. The van der Waals surface area contributed by atoms with Crippen LogP contribution in [0.3, 0.4) is 0 Å². The molecule has 2 aromatic carbocycles. The first-order chi connectivity index (χ1) is 12.8. The van der Waals surface area contributed by atoms with Gasteiger partial charge in [0.25, 0.3) is 10.0 Å². The molecule has 3 rings (SSSR count). The van der Waals surface area contributed by atoms with Gasteiger partial charge in [-0.05, 0) is 42.0 Å². The highest BCUT2D eigenvalue weighted by Crippen LogP contribution is 2.29. The molecule has 0 saturated heterocycles. The van der Waals surface area contributed by atoms with E-state index in [4.69, 9.17) is 11.6 Å². The molecular weight excluding hydrogens is 386 g/mol. The maximum atomic E-state index is 12.9. The molecule has 0 bridgehead atoms. The molecule has 0 spiro atoms. The normalized spacial score (nSPS) is 11.4. The van der Waals surface area contributed by atoms with Crippen molar-refractivity contribution in [1.82, 2.24) is 9.88 Å². The molecule has 0 aliphatic rings. The minimum Gasteiger partial charge on any atom is -0.342 e. The Labute approximate surface area is 162 Å². The minimum absolute atomic E-state index is 0.0684. The van der Waals surface area contributed by atoms with Gasteiger partial charge >= 0.3 is 0 Å². The van der Waals surface area contributed by atoms with E-state index in [9.17, 15) is 13.2 Å². The number of rotatable bonds is 5. The molecule has 27 heavy (non-hydrogen) atoms. The largest absolute Gasteiger partial charge is 0.342 e. The highest BCUT2D eigenvalue weighted by atomic mass is 35.5. The molecule has 0 radical (unpaired) electrons. The molecule has 0 aliphatic carbocycles. The molecule has 0 unspecified atom stereocenters. The summed E-state index contributed by atoms with van der Waals surface area (Å²) in [6.07, 6.45) is 1.56. The lowest BCUT2D eigenvalue weighted by molar-refractivity contribution is -0.128. The third-order valence-electron chi connectivity index (χ3n) is 4.11. The van der Waals surface area contributed by atoms with Crippen molar-refractivity contribution in [1.29, 1.82) is 0 Å². The van der Waals surface area contributed by atoms with Crippen molar-refractivity contribution in [2.24, 2.45) is 0 Å². The number of amides is 1. The molecule has 1 heterocycles. The van der Waals surface area contributed by atoms with E-state index in [1.807, 2.05) is 6.07 Å². The van der Waals surface area contributed by atoms with E-state index in [1.165, 1.54) is 19.1 Å². The summed E-state index contributed by atoms with van der Waals surface area (Å²) < 4.78 is 28.4. The zero-order valence-electron chi connectivity index (χ0n) is 14.8. The van der Waals surface area contributed by atoms with Crippen LogP contribution in [0.15, 0.2) is 59.6 Å². The summed E-state index contributed by atoms with van der Waals surface area (Å²) in [7, 11) is -2.16. The Kier molecular flexibility index (Phi) is 5.34. The smallest absolute Gasteiger partial charge is 0.262 e. The van der Waals surface area contributed by atoms with E-state index in [0.29, 0.717) is 28.2 Å². The first kappa shape index (κ1) is 19.1. The van der Waals surface area contributed by atoms with Crippen LogP contribution in [-0.2, 0) is 21.4 Å². The Balaban J connectivity index is 1.94. The second-order valence-corrected chi connectivity index (χ2v) is 8.18. The fourth-order valence-corrected chi connectivity index (χ4v) is 4.14. The number of halogens is 1. The summed E-state index contributed by atoms with van der Waals surface area (Å²) >= 11 is 6.12. The highest BCUT2D eigenvalue weighted by molar-refractivity contribution is 7.93. The van der Waals surface area contributed by atoms with Gasteiger partial charge in [-0.2, -0.15) is 0 Å². The number of sulfonamides is 1. The maximum Gasteiger partial charge on any atom is 0.262 e. The van der Waals surface area contributed by atoms with Gasteiger partial charge in [0, 0.05) is 37.8 Å². The van der Waals surface area contributed by atoms with Crippen LogP contribution in [0.1, 0.15) is 12.5 Å². The lowest BCUT2D eigenvalue weighted by Crippen LogP contribution is -2.23. The van der Waals surface area contributed by atoms with Crippen molar-refractivity contribution in [3.8, 4) is 0 Å². The molecule has 0 saturated carbocycles. The summed E-state index contributed by atoms with van der Waals surface area (Å²) in [5.41, 5.74) is 1.66. The van der Waals surface area contributed by atoms with Crippen molar-refractivity contribution in [3.63, 3.8) is 0 Å². The second-order valence-electron chi connectivity index (χ2n) is 6.13. The van der Waals surface area contributed by atoms with Crippen molar-refractivity contribution < 1.29 is 13.2 Å². The minimum atomic E-state index is -3.85. The monoisotopic (exact) mass is 403 g/mol. The molecule has 1 aromatic heterocycles. The van der Waals surface area contributed by atoms with E-state index in [0.717, 1.165) is 5.56 Å². The molecule has 8 heteroatoms. The Morgan fingerprint density at radius 3 is 2.70 bits per heavy atom. The van der Waals surface area contributed by atoms with Gasteiger partial charge in [0.15, 0.2) is 0 Å². The molecule has 0 aliphatic heterocycles. The second kappa shape index (κ2) is 7.54. The summed E-state index contributed by atoms with van der Waals surface area (Å²) in [5.74, 6) is -0.0684. The topological polar surface area (TPSA) is 79.4 Å². The molecule has 0 atom stereocenters. The van der Waals surface area contributed by atoms with Crippen LogP contribution in [0.4, 0.5) is 5.69 Å². The first-order valence-corrected chi connectivity index (χ1v) is 10.0. The molecule has 6 nitrogen and oxygen atoms in total. The molecular formula is C19H18ClN3O3S. The van der Waals surface area contributed by atoms with Crippen molar-refractivity contribution >= 4 is 44.1 Å². The predicted molar refractivity (Wildman–Crippen MR) is 106 cm³/mol. The quantitative estimate of drug-likeness (QED) is 0.704. The number of anilines is 1. The fraction of sp³-hybridized carbons (Fsp3) is 0.158. The van der Waals surface area contributed by atoms with Gasteiger partial charge < -0.3 is 4.90 Å². The van der Waals surface area contributed by atoms with Crippen molar-refractivity contribution in [2.75, 3.05) is 11.8 Å². The number of carbonyl (C=O) groups is 1. The Bertz CT molecular complexity index is 1120. The van der Waals surface area contributed by atoms with Crippen LogP contribution in [0.2, 0.25) is 5.02 Å². The zero-order valence-corrected chi connectivity index (χ0v) is 16.4. The van der Waals surface area contributed by atoms with Gasteiger partial charge in [-0.25, -0.2) is 8.42 Å². The standard InChI is InChI=1S/C19H18ClN3O3S/c1-13(24)23(2)12-14-5-3-6-15(11-14)22-27(25,26)18-9-8-17(20)19-16(18)7-4-10-21-19/h3-11,22H,12H2,1-2H3. The summed E-state index contributed by atoms with van der Waals surface area (Å²) in [6.45, 7) is 1.87. The van der Waals surface area contributed by atoms with Gasteiger partial charge in [-0.1, -0.05) is 23.7 Å². The third-order valence-corrected chi connectivity index (χ3v) is 5.85. The number of aromatic nitrogens is 1. The van der Waals surface area contributed by atoms with Gasteiger partial charge in [-0.15, -0.1) is 0 Å². The molecule has 3 aromatic rings. The average molecular weight is 404 g/mol. The van der Waals surface area contributed by atoms with E-state index >= 15 is 0 Å². The van der Waals surface area contributed by atoms with Gasteiger partial charge in [0.05, 0.1) is 15.4 Å². The Hall–Kier alpha value is -2.64. The number of hydrogen-bond donors (Lipinski definition) is 1. The van der Waals surface area contributed by atoms with Gasteiger partial charge in [0.1, 0.15) is 0 Å². The van der Waals surface area contributed by atoms with E-state index in [2.05, 4.69) is 9.71 Å². The van der Waals surface area contributed by atoms with Crippen LogP contribution >= 0.6 is 11.6 Å². The lowest BCUT2D eigenvalue weighted by Gasteiger charge is -2.16. The first-order valence-electron chi connectivity index (χ1n) is 8.14. The zero-order chi connectivity index (χ0) is 19.6. The van der Waals surface area contributed by atoms with Crippen LogP contribution in [0, 0.1) is 0 Å². The third kappa shape index (κ3) is 4.20. The van der Waals surface area contributed by atoms with E-state index in [1.54, 1.807) is 48.5 Å². The lowest BCUT2D eigenvalue weighted by atomic mass is 10.2. The number of hydrogen-bond acceptors (Lipinski definition) is 4. The average Bonchev–Trinajstić information content (AvgIpc) is 2.62. The molecule has 0 fully saturated rings. The predicted octanol–water partition coefficient (Wildman–Crippen LogP) is 3.67. The number of benzene rings is 2.